The number of carboxylic acids is 1. The Morgan fingerprint density at radius 1 is 0.597 bits per heavy atom. The molecule has 0 aliphatic carbocycles. The number of hydrogen-bond donors (Lipinski definition) is 1. The molecule has 8 aromatic rings. The van der Waals surface area contributed by atoms with Gasteiger partial charge in [-0.15, -0.1) is 23.5 Å². The van der Waals surface area contributed by atoms with Crippen LogP contribution < -0.4 is 0 Å². The second kappa shape index (κ2) is 17.6. The van der Waals surface area contributed by atoms with Crippen molar-refractivity contribution in [3.8, 4) is 34.4 Å². The molecule has 0 atom stereocenters. The molecule has 0 saturated carbocycles. The van der Waals surface area contributed by atoms with E-state index in [9.17, 15) is 29.6 Å². The third kappa shape index (κ3) is 8.53. The first-order chi connectivity index (χ1) is 29.7. The molecular formula is C50H38F2N4O4S2. The summed E-state index contributed by atoms with van der Waals surface area (Å²) in [6, 6.07) is 33.4. The lowest BCUT2D eigenvalue weighted by Crippen LogP contribution is -2.29. The highest BCUT2D eigenvalue weighted by atomic mass is 32.2. The number of benzene rings is 6. The average Bonchev–Trinajstić information content (AvgIpc) is 3.25. The van der Waals surface area contributed by atoms with Gasteiger partial charge in [-0.2, -0.15) is 10.5 Å². The van der Waals surface area contributed by atoms with Crippen molar-refractivity contribution in [1.29, 1.82) is 10.5 Å². The fourth-order valence-electron chi connectivity index (χ4n) is 7.20. The van der Waals surface area contributed by atoms with E-state index in [2.05, 4.69) is 22.1 Å². The molecular weight excluding hydrogens is 823 g/mol. The molecule has 6 aromatic carbocycles. The summed E-state index contributed by atoms with van der Waals surface area (Å²) in [5.41, 5.74) is 4.33. The Morgan fingerprint density at radius 2 is 1.02 bits per heavy atom. The number of ether oxygens (including phenoxy) is 1. The van der Waals surface area contributed by atoms with E-state index in [1.54, 1.807) is 65.2 Å². The van der Waals surface area contributed by atoms with Crippen molar-refractivity contribution in [3.05, 3.63) is 145 Å². The number of pyridine rings is 2. The molecule has 0 fully saturated rings. The first-order valence-corrected chi connectivity index (χ1v) is 21.1. The van der Waals surface area contributed by atoms with Crippen molar-refractivity contribution in [3.63, 3.8) is 0 Å². The van der Waals surface area contributed by atoms with Gasteiger partial charge in [0, 0.05) is 67.3 Å². The van der Waals surface area contributed by atoms with E-state index in [0.29, 0.717) is 42.5 Å². The van der Waals surface area contributed by atoms with Gasteiger partial charge >= 0.3 is 11.9 Å². The zero-order valence-corrected chi connectivity index (χ0v) is 35.9. The first-order valence-electron chi connectivity index (χ1n) is 19.4. The monoisotopic (exact) mass is 860 g/mol. The summed E-state index contributed by atoms with van der Waals surface area (Å²) in [6.45, 7) is 8.75. The van der Waals surface area contributed by atoms with E-state index in [0.717, 1.165) is 55.6 Å². The minimum atomic E-state index is -1.10. The summed E-state index contributed by atoms with van der Waals surface area (Å²) in [7, 11) is 0. The van der Waals surface area contributed by atoms with Gasteiger partial charge in [0.15, 0.2) is 0 Å². The predicted octanol–water partition coefficient (Wildman–Crippen LogP) is 12.5. The van der Waals surface area contributed by atoms with Crippen molar-refractivity contribution < 1.29 is 28.2 Å². The van der Waals surface area contributed by atoms with Gasteiger partial charge in [-0.3, -0.25) is 19.6 Å². The Labute approximate surface area is 365 Å². The molecule has 0 bridgehead atoms. The number of thioether (sulfide) groups is 2. The molecule has 8 rings (SSSR count). The van der Waals surface area contributed by atoms with E-state index in [1.165, 1.54) is 36.3 Å². The SMILES string of the molecule is CC(C)(Sc1cc(F)c2cncc(-c3ccc(C#N)c4ccccc34)c2c1)C(=O)O.CCOC(=O)C(C)(C)Sc1cc(F)c2cncc(-c3ccc(C#N)c4ccccc34)c2c1. The predicted molar refractivity (Wildman–Crippen MR) is 243 cm³/mol. The van der Waals surface area contributed by atoms with E-state index in [-0.39, 0.29) is 12.6 Å². The Hall–Kier alpha value is -6.86. The molecule has 0 spiro atoms. The van der Waals surface area contributed by atoms with Gasteiger partial charge in [0.2, 0.25) is 0 Å². The maximum absolute atomic E-state index is 15.1. The van der Waals surface area contributed by atoms with Crippen molar-refractivity contribution >= 4 is 78.6 Å². The number of carbonyl (C=O) groups is 2. The van der Waals surface area contributed by atoms with Crippen LogP contribution in [0.1, 0.15) is 45.7 Å². The number of nitriles is 2. The number of rotatable bonds is 9. The lowest BCUT2D eigenvalue weighted by Gasteiger charge is -2.22. The second-order valence-electron chi connectivity index (χ2n) is 15.3. The third-order valence-electron chi connectivity index (χ3n) is 10.3. The molecule has 308 valence electrons. The van der Waals surface area contributed by atoms with Gasteiger partial charge in [0.05, 0.1) is 29.9 Å². The first kappa shape index (κ1) is 43.2. The topological polar surface area (TPSA) is 137 Å². The van der Waals surface area contributed by atoms with Gasteiger partial charge in [-0.05, 0) is 104 Å². The number of aromatic nitrogens is 2. The molecule has 8 nitrogen and oxygen atoms in total. The summed E-state index contributed by atoms with van der Waals surface area (Å²) in [6.07, 6.45) is 6.36. The number of aliphatic carboxylic acids is 1. The van der Waals surface area contributed by atoms with E-state index in [1.807, 2.05) is 66.7 Å². The maximum Gasteiger partial charge on any atom is 0.321 e. The number of esters is 1. The lowest BCUT2D eigenvalue weighted by molar-refractivity contribution is -0.145. The molecule has 0 aliphatic heterocycles. The number of carbonyl (C=O) groups excluding carboxylic acids is 1. The fraction of sp³-hybridized carbons (Fsp3) is 0.160. The standard InChI is InChI=1S/C26H21FN2O2S.C24H17FN2O2S/c1-4-31-25(30)26(2,3)32-17-11-21-22(14-29-15-23(21)24(27)12-17)20-10-9-16(13-28)18-7-5-6-8-19(18)20;1-24(2,23(28)29)30-15-9-19-20(12-27-13-21(19)22(25)10-15)18-8-7-14(11-26)16-5-3-4-6-17(16)18/h5-12,14-15H,4H2,1-3H3;3-10,12-13H,1-2H3,(H,28,29). The van der Waals surface area contributed by atoms with Crippen molar-refractivity contribution in [2.75, 3.05) is 6.61 Å². The average molecular weight is 861 g/mol. The Kier molecular flexibility index (Phi) is 12.3. The summed E-state index contributed by atoms with van der Waals surface area (Å²) in [4.78, 5) is 33.5. The molecule has 0 aliphatic rings. The van der Waals surface area contributed by atoms with Crippen molar-refractivity contribution in [2.24, 2.45) is 0 Å². The summed E-state index contributed by atoms with van der Waals surface area (Å²) in [5, 5.41) is 33.8. The van der Waals surface area contributed by atoms with Gasteiger partial charge in [-0.1, -0.05) is 60.7 Å². The Balaban J connectivity index is 0.000000187. The van der Waals surface area contributed by atoms with Crippen LogP contribution in [0.5, 0.6) is 0 Å². The minimum Gasteiger partial charge on any atom is -0.480 e. The highest BCUT2D eigenvalue weighted by Crippen LogP contribution is 2.42. The zero-order chi connectivity index (χ0) is 44.3. The molecule has 0 amide bonds. The van der Waals surface area contributed by atoms with Crippen molar-refractivity contribution in [1.82, 2.24) is 9.97 Å². The quantitative estimate of drug-likeness (QED) is 0.110. The van der Waals surface area contributed by atoms with Crippen LogP contribution in [0.3, 0.4) is 0 Å². The largest absolute Gasteiger partial charge is 0.480 e. The minimum absolute atomic E-state index is 0.288. The molecule has 12 heteroatoms. The molecule has 0 radical (unpaired) electrons. The molecule has 62 heavy (non-hydrogen) atoms. The fourth-order valence-corrected chi connectivity index (χ4v) is 9.28. The second-order valence-corrected chi connectivity index (χ2v) is 18.7. The zero-order valence-electron chi connectivity index (χ0n) is 34.3. The molecule has 0 saturated heterocycles. The number of carboxylic acid groups (broad SMARTS) is 1. The van der Waals surface area contributed by atoms with Gasteiger partial charge in [-0.25, -0.2) is 8.78 Å². The van der Waals surface area contributed by atoms with E-state index in [4.69, 9.17) is 4.74 Å². The highest BCUT2D eigenvalue weighted by molar-refractivity contribution is 8.01. The summed E-state index contributed by atoms with van der Waals surface area (Å²) < 4.78 is 33.2. The smallest absolute Gasteiger partial charge is 0.321 e. The summed E-state index contributed by atoms with van der Waals surface area (Å²) >= 11 is 2.35. The van der Waals surface area contributed by atoms with Crippen molar-refractivity contribution in [2.45, 2.75) is 53.9 Å². The third-order valence-corrected chi connectivity index (χ3v) is 12.6. The number of fused-ring (bicyclic) bond motifs is 4. The van der Waals surface area contributed by atoms with E-state index < -0.39 is 27.1 Å². The lowest BCUT2D eigenvalue weighted by atomic mass is 9.93. The highest BCUT2D eigenvalue weighted by Gasteiger charge is 2.31. The Morgan fingerprint density at radius 3 is 1.42 bits per heavy atom. The van der Waals surface area contributed by atoms with Crippen LogP contribution >= 0.6 is 23.5 Å². The Bertz CT molecular complexity index is 3180. The van der Waals surface area contributed by atoms with Crippen LogP contribution in [-0.2, 0) is 14.3 Å². The van der Waals surface area contributed by atoms with Gasteiger partial charge in [0.1, 0.15) is 21.1 Å². The van der Waals surface area contributed by atoms with Crippen LogP contribution in [0.4, 0.5) is 8.78 Å². The summed E-state index contributed by atoms with van der Waals surface area (Å²) in [5.74, 6) is -2.18. The number of halogens is 2. The van der Waals surface area contributed by atoms with Gasteiger partial charge < -0.3 is 9.84 Å². The van der Waals surface area contributed by atoms with Crippen LogP contribution in [0.15, 0.2) is 132 Å². The van der Waals surface area contributed by atoms with Crippen LogP contribution in [0, 0.1) is 34.3 Å². The molecule has 2 aromatic heterocycles. The van der Waals surface area contributed by atoms with Crippen LogP contribution in [0.25, 0.3) is 65.3 Å². The van der Waals surface area contributed by atoms with E-state index >= 15 is 4.39 Å². The molecule has 0 unspecified atom stereocenters. The van der Waals surface area contributed by atoms with Crippen LogP contribution in [-0.4, -0.2) is 43.1 Å². The number of hydrogen-bond acceptors (Lipinski definition) is 9. The van der Waals surface area contributed by atoms with Crippen LogP contribution in [0.2, 0.25) is 0 Å². The molecule has 2 heterocycles. The normalized spacial score (nSPS) is 11.5. The maximum atomic E-state index is 15.1. The van der Waals surface area contributed by atoms with Gasteiger partial charge in [0.25, 0.3) is 0 Å². The number of nitrogens with zero attached hydrogens (tertiary/aromatic N) is 4. The molecule has 1 N–H and O–H groups in total.